The first kappa shape index (κ1) is 94.5. The van der Waals surface area contributed by atoms with Gasteiger partial charge in [0.2, 0.25) is 0 Å². The van der Waals surface area contributed by atoms with E-state index in [1.807, 2.05) is 0 Å². The molecule has 0 fully saturated rings. The van der Waals surface area contributed by atoms with E-state index in [9.17, 15) is 43.2 Å². The highest BCUT2D eigenvalue weighted by atomic mass is 31.2. The molecule has 17 nitrogen and oxygen atoms in total. The molecule has 3 N–H and O–H groups in total. The van der Waals surface area contributed by atoms with Crippen molar-refractivity contribution in [3.05, 3.63) is 24.3 Å². The highest BCUT2D eigenvalue weighted by Crippen LogP contribution is 2.45. The van der Waals surface area contributed by atoms with E-state index in [4.69, 9.17) is 37.0 Å². The van der Waals surface area contributed by atoms with Crippen molar-refractivity contribution in [2.75, 3.05) is 39.6 Å². The maximum absolute atomic E-state index is 13.1. The summed E-state index contributed by atoms with van der Waals surface area (Å²) in [5.74, 6) is 0.121. The third kappa shape index (κ3) is 70.4. The number of esters is 4. The maximum atomic E-state index is 13.1. The van der Waals surface area contributed by atoms with Crippen LogP contribution in [0.25, 0.3) is 0 Å². The molecule has 0 rings (SSSR count). The second-order valence-corrected chi connectivity index (χ2v) is 31.5. The minimum atomic E-state index is -4.96. The Balaban J connectivity index is 5.23. The molecule has 0 saturated heterocycles. The molecule has 0 aliphatic rings. The number of unbranched alkanes of at least 4 members (excludes halogenated alkanes) is 38. The van der Waals surface area contributed by atoms with E-state index in [1.54, 1.807) is 0 Å². The Morgan fingerprint density at radius 2 is 0.608 bits per heavy atom. The summed E-state index contributed by atoms with van der Waals surface area (Å²) in [5, 5.41) is 10.6. The van der Waals surface area contributed by atoms with Crippen LogP contribution in [-0.2, 0) is 65.4 Å². The van der Waals surface area contributed by atoms with Gasteiger partial charge in [0.25, 0.3) is 0 Å². The van der Waals surface area contributed by atoms with Crippen molar-refractivity contribution in [1.82, 2.24) is 0 Å². The van der Waals surface area contributed by atoms with Gasteiger partial charge in [-0.1, -0.05) is 323 Å². The monoisotopic (exact) mass is 1420 g/mol. The molecule has 3 unspecified atom stereocenters. The molecule has 0 radical (unpaired) electrons. The Morgan fingerprint density at radius 1 is 0.340 bits per heavy atom. The van der Waals surface area contributed by atoms with E-state index in [0.717, 1.165) is 121 Å². The SMILES string of the molecule is CCCCCC/C=C\C=C/CCCCCCCC(=O)O[C@H](COC(=O)CCCCCCCCC(C)C)COP(=O)(O)OC[C@H](O)COP(=O)(O)OC[C@@H](COC(=O)CCCCCCCCCCC(C)CC)OC(=O)CCCCCCCCCCCCCCCCCCCCC(C)C. The number of hydrogen-bond donors (Lipinski definition) is 3. The van der Waals surface area contributed by atoms with Crippen LogP contribution in [0.5, 0.6) is 0 Å². The largest absolute Gasteiger partial charge is 0.472 e. The molecule has 0 bridgehead atoms. The van der Waals surface area contributed by atoms with E-state index in [0.29, 0.717) is 31.6 Å². The molecule has 0 heterocycles. The third-order valence-electron chi connectivity index (χ3n) is 17.9. The van der Waals surface area contributed by atoms with E-state index >= 15 is 0 Å². The average molecular weight is 1420 g/mol. The van der Waals surface area contributed by atoms with Crippen LogP contribution in [0, 0.1) is 17.8 Å². The van der Waals surface area contributed by atoms with Gasteiger partial charge >= 0.3 is 39.5 Å². The molecular formula is C78H148O17P2. The number of allylic oxidation sites excluding steroid dienone is 4. The van der Waals surface area contributed by atoms with Crippen LogP contribution >= 0.6 is 15.6 Å². The zero-order valence-corrected chi connectivity index (χ0v) is 64.8. The third-order valence-corrected chi connectivity index (χ3v) is 19.8. The van der Waals surface area contributed by atoms with Crippen LogP contribution in [0.4, 0.5) is 0 Å². The Labute approximate surface area is 592 Å². The second kappa shape index (κ2) is 68.0. The summed E-state index contributed by atoms with van der Waals surface area (Å²) in [6.45, 7) is 11.8. The van der Waals surface area contributed by atoms with Crippen molar-refractivity contribution in [1.29, 1.82) is 0 Å². The van der Waals surface area contributed by atoms with Crippen LogP contribution < -0.4 is 0 Å². The fourth-order valence-corrected chi connectivity index (χ4v) is 13.0. The van der Waals surface area contributed by atoms with Crippen molar-refractivity contribution in [2.24, 2.45) is 17.8 Å². The Hall–Kier alpha value is -2.46. The molecule has 19 heteroatoms. The van der Waals surface area contributed by atoms with Crippen molar-refractivity contribution in [3.63, 3.8) is 0 Å². The number of rotatable bonds is 74. The molecule has 0 aliphatic heterocycles. The van der Waals surface area contributed by atoms with Gasteiger partial charge in [-0.25, -0.2) is 9.13 Å². The number of phosphoric ester groups is 2. The number of hydrogen-bond acceptors (Lipinski definition) is 15. The zero-order valence-electron chi connectivity index (χ0n) is 63.0. The lowest BCUT2D eigenvalue weighted by Gasteiger charge is -2.21. The smallest absolute Gasteiger partial charge is 0.462 e. The highest BCUT2D eigenvalue weighted by molar-refractivity contribution is 7.47. The standard InChI is InChI=1S/C78H148O17P2/c1-8-10-11-12-13-14-15-16-21-25-28-31-38-47-54-62-78(83)95-74(66-89-76(81)60-53-46-41-40-43-50-57-70(5)6)68-93-97(86,87)91-64-72(79)63-90-96(84,85)92-67-73(65-88-75(80)59-52-45-37-34-33-36-44-51-58-71(7)9-2)94-77(82)61-55-48-39-32-29-26-23-20-18-17-19-22-24-27-30-35-42-49-56-69(3)4/h14-16,21,69-74,79H,8-13,17-20,22-68H2,1-7H3,(H,84,85)(H,86,87)/b15-14-,21-16-/t71?,72-,73-,74-/m1/s1. The summed E-state index contributed by atoms with van der Waals surface area (Å²) in [6.07, 6.45) is 57.9. The molecule has 0 aromatic heterocycles. The van der Waals surface area contributed by atoms with Gasteiger partial charge in [0.15, 0.2) is 12.2 Å². The van der Waals surface area contributed by atoms with Crippen molar-refractivity contribution >= 4 is 39.5 Å². The number of ether oxygens (including phenoxy) is 4. The van der Waals surface area contributed by atoms with Crippen molar-refractivity contribution in [2.45, 2.75) is 394 Å². The zero-order chi connectivity index (χ0) is 71.6. The minimum Gasteiger partial charge on any atom is -0.462 e. The van der Waals surface area contributed by atoms with Gasteiger partial charge in [-0.15, -0.1) is 0 Å². The van der Waals surface area contributed by atoms with E-state index in [1.165, 1.54) is 167 Å². The molecule has 0 saturated carbocycles. The lowest BCUT2D eigenvalue weighted by Crippen LogP contribution is -2.30. The lowest BCUT2D eigenvalue weighted by atomic mass is 9.99. The molecule has 0 aromatic carbocycles. The van der Waals surface area contributed by atoms with E-state index in [2.05, 4.69) is 72.8 Å². The first-order chi connectivity index (χ1) is 46.8. The first-order valence-electron chi connectivity index (χ1n) is 39.7. The fourth-order valence-electron chi connectivity index (χ4n) is 11.4. The van der Waals surface area contributed by atoms with Gasteiger partial charge in [-0.2, -0.15) is 0 Å². The van der Waals surface area contributed by atoms with Crippen LogP contribution in [0.15, 0.2) is 24.3 Å². The van der Waals surface area contributed by atoms with Gasteiger partial charge in [-0.05, 0) is 69.1 Å². The van der Waals surface area contributed by atoms with Gasteiger partial charge < -0.3 is 33.8 Å². The van der Waals surface area contributed by atoms with Crippen LogP contribution in [0.3, 0.4) is 0 Å². The first-order valence-corrected chi connectivity index (χ1v) is 42.7. The van der Waals surface area contributed by atoms with Crippen molar-refractivity contribution in [3.8, 4) is 0 Å². The molecule has 572 valence electrons. The number of phosphoric acid groups is 2. The van der Waals surface area contributed by atoms with E-state index in [-0.39, 0.29) is 25.7 Å². The van der Waals surface area contributed by atoms with Gasteiger partial charge in [0.1, 0.15) is 19.3 Å². The Bertz CT molecular complexity index is 1980. The summed E-state index contributed by atoms with van der Waals surface area (Å²) < 4.78 is 68.5. The number of carbonyl (C=O) groups excluding carboxylic acids is 4. The Kier molecular flexibility index (Phi) is 66.3. The van der Waals surface area contributed by atoms with Crippen LogP contribution in [0.1, 0.15) is 376 Å². The Morgan fingerprint density at radius 3 is 0.918 bits per heavy atom. The minimum absolute atomic E-state index is 0.0837. The molecule has 6 atom stereocenters. The molecular weight excluding hydrogens is 1270 g/mol. The number of aliphatic hydroxyl groups excluding tert-OH is 1. The molecule has 0 aliphatic carbocycles. The highest BCUT2D eigenvalue weighted by Gasteiger charge is 2.30. The summed E-state index contributed by atoms with van der Waals surface area (Å²) >= 11 is 0. The maximum Gasteiger partial charge on any atom is 0.472 e. The second-order valence-electron chi connectivity index (χ2n) is 28.6. The van der Waals surface area contributed by atoms with Crippen molar-refractivity contribution < 1.29 is 80.2 Å². The summed E-state index contributed by atoms with van der Waals surface area (Å²) in [6, 6.07) is 0. The van der Waals surface area contributed by atoms with E-state index < -0.39 is 97.5 Å². The average Bonchev–Trinajstić information content (AvgIpc) is 1.30. The topological polar surface area (TPSA) is 237 Å². The molecule has 0 aromatic rings. The van der Waals surface area contributed by atoms with Gasteiger partial charge in [-0.3, -0.25) is 37.3 Å². The summed E-state index contributed by atoms with van der Waals surface area (Å²) in [4.78, 5) is 72.8. The van der Waals surface area contributed by atoms with Crippen LogP contribution in [-0.4, -0.2) is 96.7 Å². The van der Waals surface area contributed by atoms with Gasteiger partial charge in [0.05, 0.1) is 26.4 Å². The fraction of sp³-hybridized carbons (Fsp3) is 0.897. The molecule has 0 spiro atoms. The van der Waals surface area contributed by atoms with Gasteiger partial charge in [0, 0.05) is 25.7 Å². The predicted octanol–water partition coefficient (Wildman–Crippen LogP) is 22.5. The quantitative estimate of drug-likeness (QED) is 0.0169. The summed E-state index contributed by atoms with van der Waals surface area (Å²) in [5.41, 5.74) is 0. The molecule has 97 heavy (non-hydrogen) atoms. The number of aliphatic hydroxyl groups is 1. The van der Waals surface area contributed by atoms with Crippen LogP contribution in [0.2, 0.25) is 0 Å². The molecule has 0 amide bonds. The summed E-state index contributed by atoms with van der Waals surface area (Å²) in [7, 11) is -9.93. The lowest BCUT2D eigenvalue weighted by molar-refractivity contribution is -0.161. The number of carbonyl (C=O) groups is 4. The normalized spacial score (nSPS) is 14.5. The predicted molar refractivity (Wildman–Crippen MR) is 395 cm³/mol.